The van der Waals surface area contributed by atoms with Crippen LogP contribution >= 0.6 is 11.3 Å². The summed E-state index contributed by atoms with van der Waals surface area (Å²) in [6.07, 6.45) is 1.69. The van der Waals surface area contributed by atoms with Crippen molar-refractivity contribution in [1.82, 2.24) is 9.29 Å². The minimum atomic E-state index is -3.57. The number of non-ortho nitro benzene ring substituents is 1. The average Bonchev–Trinajstić information content (AvgIpc) is 3.28. The Bertz CT molecular complexity index is 1260. The van der Waals surface area contributed by atoms with E-state index in [-0.39, 0.29) is 10.6 Å². The Labute approximate surface area is 195 Å². The van der Waals surface area contributed by atoms with Gasteiger partial charge in [0.25, 0.3) is 11.6 Å². The molecule has 0 atom stereocenters. The van der Waals surface area contributed by atoms with E-state index in [9.17, 15) is 23.3 Å². The van der Waals surface area contributed by atoms with Gasteiger partial charge in [-0.3, -0.25) is 20.2 Å². The fourth-order valence-electron chi connectivity index (χ4n) is 3.54. The molecule has 1 aliphatic heterocycles. The van der Waals surface area contributed by atoms with E-state index < -0.39 is 20.9 Å². The van der Waals surface area contributed by atoms with Gasteiger partial charge in [0, 0.05) is 41.7 Å². The van der Waals surface area contributed by atoms with Crippen LogP contribution in [0.15, 0.2) is 58.8 Å². The lowest BCUT2D eigenvalue weighted by Gasteiger charge is -2.29. The molecule has 0 bridgehead atoms. The van der Waals surface area contributed by atoms with E-state index in [2.05, 4.69) is 17.2 Å². The molecule has 2 aromatic carbocycles. The Morgan fingerprint density at radius 3 is 2.36 bits per heavy atom. The number of carbonyl (C=O) groups excluding carboxylic acids is 1. The molecule has 0 radical (unpaired) electrons. The van der Waals surface area contributed by atoms with E-state index in [4.69, 9.17) is 0 Å². The number of nitro benzene ring substituents is 1. The molecular weight excluding hydrogens is 464 g/mol. The van der Waals surface area contributed by atoms with Crippen molar-refractivity contribution < 1.29 is 18.1 Å². The maximum atomic E-state index is 12.8. The minimum Gasteiger partial charge on any atom is -0.298 e. The van der Waals surface area contributed by atoms with Gasteiger partial charge in [-0.2, -0.15) is 4.31 Å². The number of thiazole rings is 1. The standard InChI is InChI=1S/C22H22N4O5S2/c1-15-10-12-25(13-11-15)33(30,31)19-8-4-17(5-9-19)21(27)24-22-23-20(14-32-22)16-2-6-18(7-3-16)26(28)29/h2-9,14-15H,10-13H2,1H3,(H,23,24,27). The fourth-order valence-corrected chi connectivity index (χ4v) is 5.72. The van der Waals surface area contributed by atoms with Gasteiger partial charge in [-0.1, -0.05) is 6.92 Å². The normalized spacial score (nSPS) is 15.3. The highest BCUT2D eigenvalue weighted by Crippen LogP contribution is 2.27. The van der Waals surface area contributed by atoms with Gasteiger partial charge in [0.15, 0.2) is 5.13 Å². The number of nitrogens with one attached hydrogen (secondary N) is 1. The first-order valence-corrected chi connectivity index (χ1v) is 12.7. The summed E-state index contributed by atoms with van der Waals surface area (Å²) in [7, 11) is -3.57. The molecule has 0 unspecified atom stereocenters. The molecule has 3 aromatic rings. The number of amides is 1. The number of carbonyl (C=O) groups is 1. The SMILES string of the molecule is CC1CCN(S(=O)(=O)c2ccc(C(=O)Nc3nc(-c4ccc([N+](=O)[O-])cc4)cs3)cc2)CC1. The Balaban J connectivity index is 1.42. The van der Waals surface area contributed by atoms with Gasteiger partial charge >= 0.3 is 0 Å². The van der Waals surface area contributed by atoms with Gasteiger partial charge in [0.05, 0.1) is 15.5 Å². The van der Waals surface area contributed by atoms with Crippen LogP contribution in [0.3, 0.4) is 0 Å². The van der Waals surface area contributed by atoms with Crippen molar-refractivity contribution in [3.8, 4) is 11.3 Å². The Morgan fingerprint density at radius 2 is 1.76 bits per heavy atom. The first-order chi connectivity index (χ1) is 15.7. The number of nitro groups is 1. The van der Waals surface area contributed by atoms with Crippen LogP contribution in [-0.4, -0.2) is 41.6 Å². The number of hydrogen-bond donors (Lipinski definition) is 1. The topological polar surface area (TPSA) is 123 Å². The summed E-state index contributed by atoms with van der Waals surface area (Å²) in [6.45, 7) is 3.13. The van der Waals surface area contributed by atoms with Crippen LogP contribution < -0.4 is 5.32 Å². The summed E-state index contributed by atoms with van der Waals surface area (Å²) in [5, 5.41) is 15.6. The summed E-state index contributed by atoms with van der Waals surface area (Å²) in [4.78, 5) is 27.4. The summed E-state index contributed by atoms with van der Waals surface area (Å²) in [6, 6.07) is 11.9. The molecule has 1 aliphatic rings. The molecule has 0 saturated carbocycles. The third kappa shape index (κ3) is 5.10. The Kier molecular flexibility index (Phi) is 6.54. The van der Waals surface area contributed by atoms with E-state index in [0.29, 0.717) is 41.0 Å². The summed E-state index contributed by atoms with van der Waals surface area (Å²) < 4.78 is 27.2. The molecule has 1 saturated heterocycles. The lowest BCUT2D eigenvalue weighted by molar-refractivity contribution is -0.384. The molecule has 1 fully saturated rings. The lowest BCUT2D eigenvalue weighted by atomic mass is 10.0. The molecule has 33 heavy (non-hydrogen) atoms. The van der Waals surface area contributed by atoms with Crippen LogP contribution in [-0.2, 0) is 10.0 Å². The Hall–Kier alpha value is -3.15. The number of piperidine rings is 1. The molecule has 2 heterocycles. The van der Waals surface area contributed by atoms with Crippen molar-refractivity contribution in [2.24, 2.45) is 5.92 Å². The smallest absolute Gasteiger partial charge is 0.269 e. The van der Waals surface area contributed by atoms with Crippen LogP contribution in [0.5, 0.6) is 0 Å². The minimum absolute atomic E-state index is 0.0113. The molecule has 1 amide bonds. The van der Waals surface area contributed by atoms with Gasteiger partial charge in [-0.05, 0) is 55.2 Å². The number of sulfonamides is 1. The zero-order chi connectivity index (χ0) is 23.6. The molecule has 1 N–H and O–H groups in total. The number of benzene rings is 2. The van der Waals surface area contributed by atoms with Crippen LogP contribution in [0.4, 0.5) is 10.8 Å². The predicted octanol–water partition coefficient (Wildman–Crippen LogP) is 4.39. The van der Waals surface area contributed by atoms with E-state index in [0.717, 1.165) is 12.8 Å². The second-order valence-electron chi connectivity index (χ2n) is 7.91. The van der Waals surface area contributed by atoms with E-state index in [1.807, 2.05) is 0 Å². The average molecular weight is 487 g/mol. The molecule has 172 valence electrons. The third-order valence-electron chi connectivity index (χ3n) is 5.60. The van der Waals surface area contributed by atoms with Crippen molar-refractivity contribution in [2.75, 3.05) is 18.4 Å². The molecule has 9 nitrogen and oxygen atoms in total. The van der Waals surface area contributed by atoms with E-state index in [1.165, 1.54) is 52.0 Å². The quantitative estimate of drug-likeness (QED) is 0.407. The van der Waals surface area contributed by atoms with Gasteiger partial charge in [-0.25, -0.2) is 13.4 Å². The van der Waals surface area contributed by atoms with Crippen molar-refractivity contribution >= 4 is 38.1 Å². The van der Waals surface area contributed by atoms with Crippen molar-refractivity contribution in [1.29, 1.82) is 0 Å². The zero-order valence-electron chi connectivity index (χ0n) is 17.8. The summed E-state index contributed by atoms with van der Waals surface area (Å²) in [5.41, 5.74) is 1.58. The summed E-state index contributed by atoms with van der Waals surface area (Å²) in [5.74, 6) is 0.115. The van der Waals surface area contributed by atoms with Crippen LogP contribution in [0.2, 0.25) is 0 Å². The van der Waals surface area contributed by atoms with Gasteiger partial charge in [-0.15, -0.1) is 11.3 Å². The van der Waals surface area contributed by atoms with Gasteiger partial charge in [0.2, 0.25) is 10.0 Å². The van der Waals surface area contributed by atoms with E-state index >= 15 is 0 Å². The van der Waals surface area contributed by atoms with Crippen LogP contribution in [0.1, 0.15) is 30.1 Å². The number of anilines is 1. The first-order valence-electron chi connectivity index (χ1n) is 10.4. The maximum Gasteiger partial charge on any atom is 0.269 e. The lowest BCUT2D eigenvalue weighted by Crippen LogP contribution is -2.37. The van der Waals surface area contributed by atoms with Crippen molar-refractivity contribution in [3.63, 3.8) is 0 Å². The second-order valence-corrected chi connectivity index (χ2v) is 10.7. The number of nitrogens with zero attached hydrogens (tertiary/aromatic N) is 3. The van der Waals surface area contributed by atoms with Gasteiger partial charge < -0.3 is 0 Å². The molecular formula is C22H22N4O5S2. The van der Waals surface area contributed by atoms with Gasteiger partial charge in [0.1, 0.15) is 0 Å². The van der Waals surface area contributed by atoms with Crippen LogP contribution in [0, 0.1) is 16.0 Å². The molecule has 4 rings (SSSR count). The number of aromatic nitrogens is 1. The Morgan fingerprint density at radius 1 is 1.12 bits per heavy atom. The van der Waals surface area contributed by atoms with Crippen molar-refractivity contribution in [2.45, 2.75) is 24.7 Å². The summed E-state index contributed by atoms with van der Waals surface area (Å²) >= 11 is 1.22. The molecule has 1 aromatic heterocycles. The number of rotatable bonds is 6. The predicted molar refractivity (Wildman–Crippen MR) is 126 cm³/mol. The van der Waals surface area contributed by atoms with E-state index in [1.54, 1.807) is 17.5 Å². The third-order valence-corrected chi connectivity index (χ3v) is 8.27. The first kappa shape index (κ1) is 23.0. The second kappa shape index (κ2) is 9.38. The largest absolute Gasteiger partial charge is 0.298 e. The van der Waals surface area contributed by atoms with Crippen molar-refractivity contribution in [3.05, 3.63) is 69.6 Å². The monoisotopic (exact) mass is 486 g/mol. The molecule has 0 aliphatic carbocycles. The highest BCUT2D eigenvalue weighted by molar-refractivity contribution is 7.89. The molecule has 11 heteroatoms. The molecule has 0 spiro atoms. The fraction of sp³-hybridized carbons (Fsp3) is 0.273. The highest BCUT2D eigenvalue weighted by atomic mass is 32.2. The van der Waals surface area contributed by atoms with Crippen LogP contribution in [0.25, 0.3) is 11.3 Å². The highest BCUT2D eigenvalue weighted by Gasteiger charge is 2.28. The maximum absolute atomic E-state index is 12.8. The zero-order valence-corrected chi connectivity index (χ0v) is 19.4. The number of hydrogen-bond acceptors (Lipinski definition) is 7.